The van der Waals surface area contributed by atoms with Gasteiger partial charge in [-0.15, -0.1) is 11.3 Å². The quantitative estimate of drug-likeness (QED) is 0.466. The van der Waals surface area contributed by atoms with Crippen LogP contribution in [0.1, 0.15) is 10.7 Å². The Morgan fingerprint density at radius 3 is 2.72 bits per heavy atom. The van der Waals surface area contributed by atoms with Gasteiger partial charge in [0, 0.05) is 24.4 Å². The minimum absolute atomic E-state index is 0.178. The van der Waals surface area contributed by atoms with Gasteiger partial charge >= 0.3 is 0 Å². The van der Waals surface area contributed by atoms with Crippen molar-refractivity contribution in [2.75, 3.05) is 23.0 Å². The Kier molecular flexibility index (Phi) is 3.90. The van der Waals surface area contributed by atoms with Gasteiger partial charge in [0.1, 0.15) is 11.6 Å². The number of hydrogen-bond acceptors (Lipinski definition) is 8. The van der Waals surface area contributed by atoms with Gasteiger partial charge in [-0.1, -0.05) is 0 Å². The van der Waals surface area contributed by atoms with E-state index in [2.05, 4.69) is 31.1 Å². The second-order valence-electron chi connectivity index (χ2n) is 3.68. The summed E-state index contributed by atoms with van der Waals surface area (Å²) in [6.45, 7) is 2.72. The number of nitrogens with one attached hydrogen (secondary N) is 2. The first-order valence-corrected chi connectivity index (χ1v) is 6.31. The van der Waals surface area contributed by atoms with Crippen molar-refractivity contribution in [1.29, 1.82) is 0 Å². The number of nitrogens with two attached hydrogens (primary N) is 2. The van der Waals surface area contributed by atoms with E-state index in [9.17, 15) is 0 Å². The molecule has 0 atom stereocenters. The molecule has 96 valence electrons. The SMILES string of the molecule is Cc1nc(CCNc2cc(NN)nc(N)n2)cs1. The molecule has 0 aliphatic rings. The molecule has 0 aliphatic heterocycles. The molecule has 0 aromatic carbocycles. The molecule has 0 aliphatic carbocycles. The van der Waals surface area contributed by atoms with E-state index in [1.165, 1.54) is 0 Å². The Labute approximate surface area is 109 Å². The normalized spacial score (nSPS) is 10.3. The lowest BCUT2D eigenvalue weighted by atomic mass is 10.3. The molecular formula is C10H15N7S. The zero-order chi connectivity index (χ0) is 13.0. The summed E-state index contributed by atoms with van der Waals surface area (Å²) in [4.78, 5) is 12.3. The maximum atomic E-state index is 5.55. The standard InChI is InChI=1S/C10H15N7S/c1-6-14-7(5-18-6)2-3-13-8-4-9(17-12)16-10(11)15-8/h4-5H,2-3,12H2,1H3,(H4,11,13,15,16,17). The van der Waals surface area contributed by atoms with Gasteiger partial charge in [-0.2, -0.15) is 9.97 Å². The highest BCUT2D eigenvalue weighted by molar-refractivity contribution is 7.09. The number of aromatic nitrogens is 3. The van der Waals surface area contributed by atoms with E-state index in [4.69, 9.17) is 11.6 Å². The fourth-order valence-corrected chi connectivity index (χ4v) is 2.12. The van der Waals surface area contributed by atoms with Crippen LogP contribution in [0.2, 0.25) is 0 Å². The highest BCUT2D eigenvalue weighted by Crippen LogP contribution is 2.12. The van der Waals surface area contributed by atoms with E-state index in [0.29, 0.717) is 11.6 Å². The van der Waals surface area contributed by atoms with Crippen molar-refractivity contribution in [1.82, 2.24) is 15.0 Å². The van der Waals surface area contributed by atoms with Crippen molar-refractivity contribution in [3.63, 3.8) is 0 Å². The number of rotatable bonds is 5. The number of thiazole rings is 1. The second-order valence-corrected chi connectivity index (χ2v) is 4.74. The number of nitrogens with zero attached hydrogens (tertiary/aromatic N) is 3. The number of anilines is 3. The average Bonchev–Trinajstić information content (AvgIpc) is 2.74. The van der Waals surface area contributed by atoms with Gasteiger partial charge in [-0.05, 0) is 6.92 Å². The summed E-state index contributed by atoms with van der Waals surface area (Å²) in [5.74, 6) is 6.58. The summed E-state index contributed by atoms with van der Waals surface area (Å²) in [6, 6.07) is 1.70. The number of hydrazine groups is 1. The van der Waals surface area contributed by atoms with Gasteiger partial charge in [0.2, 0.25) is 5.95 Å². The van der Waals surface area contributed by atoms with E-state index in [1.807, 2.05) is 6.92 Å². The largest absolute Gasteiger partial charge is 0.369 e. The van der Waals surface area contributed by atoms with Crippen LogP contribution in [0.3, 0.4) is 0 Å². The monoisotopic (exact) mass is 265 g/mol. The maximum Gasteiger partial charge on any atom is 0.223 e. The fraction of sp³-hybridized carbons (Fsp3) is 0.300. The summed E-state index contributed by atoms with van der Waals surface area (Å²) in [5, 5.41) is 6.28. The van der Waals surface area contributed by atoms with Gasteiger partial charge in [0.05, 0.1) is 10.7 Å². The van der Waals surface area contributed by atoms with E-state index in [1.54, 1.807) is 17.4 Å². The van der Waals surface area contributed by atoms with Crippen LogP contribution in [-0.4, -0.2) is 21.5 Å². The molecule has 0 radical (unpaired) electrons. The smallest absolute Gasteiger partial charge is 0.223 e. The van der Waals surface area contributed by atoms with Crippen LogP contribution in [0.15, 0.2) is 11.4 Å². The first-order chi connectivity index (χ1) is 8.67. The fourth-order valence-electron chi connectivity index (χ4n) is 1.47. The van der Waals surface area contributed by atoms with Crippen molar-refractivity contribution in [3.05, 3.63) is 22.1 Å². The van der Waals surface area contributed by atoms with Gasteiger partial charge in [-0.25, -0.2) is 10.8 Å². The van der Waals surface area contributed by atoms with Gasteiger partial charge in [0.15, 0.2) is 0 Å². The van der Waals surface area contributed by atoms with Crippen molar-refractivity contribution in [2.45, 2.75) is 13.3 Å². The Hall–Kier alpha value is -1.93. The van der Waals surface area contributed by atoms with E-state index < -0.39 is 0 Å². The van der Waals surface area contributed by atoms with Gasteiger partial charge in [-0.3, -0.25) is 0 Å². The third kappa shape index (κ3) is 3.28. The molecule has 2 aromatic heterocycles. The lowest BCUT2D eigenvalue weighted by Gasteiger charge is -2.07. The molecule has 18 heavy (non-hydrogen) atoms. The molecule has 0 spiro atoms. The highest BCUT2D eigenvalue weighted by atomic mass is 32.1. The van der Waals surface area contributed by atoms with Crippen LogP contribution in [0.4, 0.5) is 17.6 Å². The van der Waals surface area contributed by atoms with Crippen LogP contribution >= 0.6 is 11.3 Å². The first kappa shape index (κ1) is 12.5. The third-order valence-corrected chi connectivity index (χ3v) is 3.07. The topological polar surface area (TPSA) is 115 Å². The lowest BCUT2D eigenvalue weighted by molar-refractivity contribution is 0.958. The molecule has 7 nitrogen and oxygen atoms in total. The molecule has 0 saturated carbocycles. The van der Waals surface area contributed by atoms with Crippen LogP contribution in [0, 0.1) is 6.92 Å². The molecule has 0 fully saturated rings. The van der Waals surface area contributed by atoms with Crippen molar-refractivity contribution < 1.29 is 0 Å². The molecule has 2 heterocycles. The van der Waals surface area contributed by atoms with E-state index in [-0.39, 0.29) is 5.95 Å². The molecule has 0 unspecified atom stereocenters. The van der Waals surface area contributed by atoms with Crippen molar-refractivity contribution >= 4 is 28.9 Å². The van der Waals surface area contributed by atoms with E-state index in [0.717, 1.165) is 23.7 Å². The molecule has 0 amide bonds. The summed E-state index contributed by atoms with van der Waals surface area (Å²) >= 11 is 1.65. The average molecular weight is 265 g/mol. The minimum atomic E-state index is 0.178. The summed E-state index contributed by atoms with van der Waals surface area (Å²) < 4.78 is 0. The van der Waals surface area contributed by atoms with Crippen LogP contribution < -0.4 is 22.3 Å². The van der Waals surface area contributed by atoms with Crippen LogP contribution in [0.25, 0.3) is 0 Å². The predicted octanol–water partition coefficient (Wildman–Crippen LogP) is 0.764. The molecule has 8 heteroatoms. The van der Waals surface area contributed by atoms with Crippen LogP contribution in [0.5, 0.6) is 0 Å². The van der Waals surface area contributed by atoms with Gasteiger partial charge in [0.25, 0.3) is 0 Å². The Morgan fingerprint density at radius 1 is 1.28 bits per heavy atom. The summed E-state index contributed by atoms with van der Waals surface area (Å²) in [5.41, 5.74) is 9.06. The minimum Gasteiger partial charge on any atom is -0.369 e. The molecule has 2 rings (SSSR count). The van der Waals surface area contributed by atoms with Crippen molar-refractivity contribution in [2.24, 2.45) is 5.84 Å². The maximum absolute atomic E-state index is 5.55. The number of aryl methyl sites for hydroxylation is 1. The molecule has 0 saturated heterocycles. The summed E-state index contributed by atoms with van der Waals surface area (Å²) in [6.07, 6.45) is 0.833. The zero-order valence-electron chi connectivity index (χ0n) is 9.97. The molecular weight excluding hydrogens is 250 g/mol. The third-order valence-electron chi connectivity index (χ3n) is 2.25. The molecule has 2 aromatic rings. The molecule has 6 N–H and O–H groups in total. The zero-order valence-corrected chi connectivity index (χ0v) is 10.8. The van der Waals surface area contributed by atoms with Gasteiger partial charge < -0.3 is 16.5 Å². The lowest BCUT2D eigenvalue weighted by Crippen LogP contribution is -2.13. The summed E-state index contributed by atoms with van der Waals surface area (Å²) in [7, 11) is 0. The second kappa shape index (κ2) is 5.61. The Bertz CT molecular complexity index is 525. The van der Waals surface area contributed by atoms with Crippen molar-refractivity contribution in [3.8, 4) is 0 Å². The molecule has 0 bridgehead atoms. The predicted molar refractivity (Wildman–Crippen MR) is 73.3 cm³/mol. The number of nitrogen functional groups attached to an aromatic ring is 2. The van der Waals surface area contributed by atoms with E-state index >= 15 is 0 Å². The van der Waals surface area contributed by atoms with Crippen LogP contribution in [-0.2, 0) is 6.42 Å². The first-order valence-electron chi connectivity index (χ1n) is 5.43. The Balaban J connectivity index is 1.91. The number of hydrogen-bond donors (Lipinski definition) is 4. The Morgan fingerprint density at radius 2 is 2.06 bits per heavy atom. The highest BCUT2D eigenvalue weighted by Gasteiger charge is 2.02.